The normalized spacial score (nSPS) is 16.3. The molecule has 1 saturated heterocycles. The van der Waals surface area contributed by atoms with Crippen LogP contribution in [0.1, 0.15) is 18.7 Å². The van der Waals surface area contributed by atoms with E-state index in [1.807, 2.05) is 6.07 Å². The third kappa shape index (κ3) is 5.36. The third-order valence-corrected chi connectivity index (χ3v) is 5.04. The van der Waals surface area contributed by atoms with Crippen LogP contribution in [0.2, 0.25) is 0 Å². The highest BCUT2D eigenvalue weighted by atomic mass is 32.2. The maximum atomic E-state index is 11.9. The van der Waals surface area contributed by atoms with Crippen molar-refractivity contribution in [3.63, 3.8) is 0 Å². The molecule has 8 nitrogen and oxygen atoms in total. The molecule has 1 fully saturated rings. The van der Waals surface area contributed by atoms with Crippen molar-refractivity contribution in [2.24, 2.45) is 0 Å². The van der Waals surface area contributed by atoms with E-state index in [1.54, 1.807) is 26.4 Å². The Labute approximate surface area is 161 Å². The second-order valence-corrected chi connectivity index (χ2v) is 7.00. The molecular formula is C18H23N3O5S. The Morgan fingerprint density at radius 2 is 2.19 bits per heavy atom. The van der Waals surface area contributed by atoms with E-state index in [0.717, 1.165) is 25.0 Å². The highest BCUT2D eigenvalue weighted by Crippen LogP contribution is 2.31. The van der Waals surface area contributed by atoms with Gasteiger partial charge in [0.25, 0.3) is 0 Å². The van der Waals surface area contributed by atoms with Gasteiger partial charge in [-0.15, -0.1) is 11.8 Å². The van der Waals surface area contributed by atoms with Crippen LogP contribution >= 0.6 is 11.8 Å². The number of hydrogen-bond donors (Lipinski definition) is 1. The first-order valence-corrected chi connectivity index (χ1v) is 9.86. The van der Waals surface area contributed by atoms with Crippen molar-refractivity contribution in [2.75, 3.05) is 33.1 Å². The molecule has 1 N–H and O–H groups in total. The van der Waals surface area contributed by atoms with Crippen LogP contribution in [0.5, 0.6) is 11.5 Å². The minimum atomic E-state index is -0.0184. The summed E-state index contributed by atoms with van der Waals surface area (Å²) in [5, 5.41) is 6.88. The number of thioether (sulfide) groups is 1. The SMILES string of the molecule is COc1ccc(-c2noc(CSCC(=O)NC[C@H]3CCCO3)n2)cc1OC. The molecule has 1 aliphatic heterocycles. The molecule has 27 heavy (non-hydrogen) atoms. The van der Waals surface area contributed by atoms with E-state index in [-0.39, 0.29) is 12.0 Å². The molecule has 0 aliphatic carbocycles. The summed E-state index contributed by atoms with van der Waals surface area (Å²) >= 11 is 1.43. The lowest BCUT2D eigenvalue weighted by molar-refractivity contribution is -0.119. The maximum absolute atomic E-state index is 11.9. The average molecular weight is 393 g/mol. The number of carbonyl (C=O) groups excluding carboxylic acids is 1. The number of hydrogen-bond acceptors (Lipinski definition) is 8. The van der Waals surface area contributed by atoms with Crippen LogP contribution in [0, 0.1) is 0 Å². The molecular weight excluding hydrogens is 370 g/mol. The minimum Gasteiger partial charge on any atom is -0.493 e. The summed E-state index contributed by atoms with van der Waals surface area (Å²) in [6.07, 6.45) is 2.22. The van der Waals surface area contributed by atoms with Crippen LogP contribution in [0.15, 0.2) is 22.7 Å². The molecule has 1 amide bonds. The largest absolute Gasteiger partial charge is 0.493 e. The van der Waals surface area contributed by atoms with E-state index in [2.05, 4.69) is 15.5 Å². The molecule has 1 aliphatic rings. The van der Waals surface area contributed by atoms with Gasteiger partial charge in [0, 0.05) is 18.7 Å². The Bertz CT molecular complexity index is 761. The van der Waals surface area contributed by atoms with E-state index in [4.69, 9.17) is 18.7 Å². The predicted molar refractivity (Wildman–Crippen MR) is 101 cm³/mol. The molecule has 0 unspecified atom stereocenters. The summed E-state index contributed by atoms with van der Waals surface area (Å²) in [6.45, 7) is 1.36. The molecule has 0 radical (unpaired) electrons. The summed E-state index contributed by atoms with van der Waals surface area (Å²) in [4.78, 5) is 16.2. The number of amides is 1. The Balaban J connectivity index is 1.47. The van der Waals surface area contributed by atoms with Gasteiger partial charge in [0.2, 0.25) is 17.6 Å². The van der Waals surface area contributed by atoms with Crippen LogP contribution in [0.4, 0.5) is 0 Å². The van der Waals surface area contributed by atoms with Crippen molar-refractivity contribution >= 4 is 17.7 Å². The van der Waals surface area contributed by atoms with Gasteiger partial charge in [-0.2, -0.15) is 4.98 Å². The second-order valence-electron chi connectivity index (χ2n) is 6.01. The predicted octanol–water partition coefficient (Wildman–Crippen LogP) is 2.28. The summed E-state index contributed by atoms with van der Waals surface area (Å²) in [5.74, 6) is 2.95. The summed E-state index contributed by atoms with van der Waals surface area (Å²) in [7, 11) is 3.15. The van der Waals surface area contributed by atoms with Gasteiger partial charge in [-0.3, -0.25) is 4.79 Å². The van der Waals surface area contributed by atoms with Crippen LogP contribution in [0.25, 0.3) is 11.4 Å². The lowest BCUT2D eigenvalue weighted by Crippen LogP contribution is -2.32. The molecule has 3 rings (SSSR count). The first kappa shape index (κ1) is 19.5. The van der Waals surface area contributed by atoms with E-state index in [1.165, 1.54) is 11.8 Å². The van der Waals surface area contributed by atoms with Crippen molar-refractivity contribution in [1.29, 1.82) is 0 Å². The lowest BCUT2D eigenvalue weighted by atomic mass is 10.2. The standard InChI is InChI=1S/C18H23N3O5S/c1-23-14-6-5-12(8-15(14)24-2)18-20-17(26-21-18)11-27-10-16(22)19-9-13-4-3-7-25-13/h5-6,8,13H,3-4,7,9-11H2,1-2H3,(H,19,22)/t13-/m1/s1. The van der Waals surface area contributed by atoms with Crippen LogP contribution in [-0.4, -0.2) is 55.3 Å². The topological polar surface area (TPSA) is 95.7 Å². The fourth-order valence-corrected chi connectivity index (χ4v) is 3.40. The van der Waals surface area contributed by atoms with E-state index in [0.29, 0.717) is 41.3 Å². The van der Waals surface area contributed by atoms with Crippen molar-refractivity contribution in [3.8, 4) is 22.9 Å². The molecule has 2 aromatic rings. The Morgan fingerprint density at radius 3 is 2.93 bits per heavy atom. The van der Waals surface area contributed by atoms with Crippen molar-refractivity contribution in [3.05, 3.63) is 24.1 Å². The van der Waals surface area contributed by atoms with E-state index in [9.17, 15) is 4.79 Å². The number of nitrogens with one attached hydrogen (secondary N) is 1. The van der Waals surface area contributed by atoms with Crippen molar-refractivity contribution in [2.45, 2.75) is 24.7 Å². The lowest BCUT2D eigenvalue weighted by Gasteiger charge is -2.10. The zero-order valence-electron chi connectivity index (χ0n) is 15.4. The fraction of sp³-hybridized carbons (Fsp3) is 0.500. The zero-order chi connectivity index (χ0) is 19.1. The van der Waals surface area contributed by atoms with E-state index < -0.39 is 0 Å². The summed E-state index contributed by atoms with van der Waals surface area (Å²) < 4.78 is 21.3. The van der Waals surface area contributed by atoms with Gasteiger partial charge in [-0.25, -0.2) is 0 Å². The molecule has 1 atom stereocenters. The third-order valence-electron chi connectivity index (χ3n) is 4.12. The van der Waals surface area contributed by atoms with Gasteiger partial charge in [0.05, 0.1) is 31.8 Å². The highest BCUT2D eigenvalue weighted by molar-refractivity contribution is 7.99. The molecule has 1 aromatic heterocycles. The molecule has 0 bridgehead atoms. The number of nitrogens with zero attached hydrogens (tertiary/aromatic N) is 2. The number of benzene rings is 1. The Kier molecular flexibility index (Phi) is 6.94. The minimum absolute atomic E-state index is 0.0184. The monoisotopic (exact) mass is 393 g/mol. The molecule has 146 valence electrons. The highest BCUT2D eigenvalue weighted by Gasteiger charge is 2.16. The van der Waals surface area contributed by atoms with Crippen LogP contribution < -0.4 is 14.8 Å². The smallest absolute Gasteiger partial charge is 0.236 e. The number of methoxy groups -OCH3 is 2. The number of aromatic nitrogens is 2. The van der Waals surface area contributed by atoms with Crippen LogP contribution in [0.3, 0.4) is 0 Å². The maximum Gasteiger partial charge on any atom is 0.236 e. The van der Waals surface area contributed by atoms with Gasteiger partial charge in [-0.1, -0.05) is 5.16 Å². The quantitative estimate of drug-likeness (QED) is 0.693. The zero-order valence-corrected chi connectivity index (χ0v) is 16.2. The van der Waals surface area contributed by atoms with Gasteiger partial charge in [-0.05, 0) is 31.0 Å². The molecule has 0 spiro atoms. The summed E-state index contributed by atoms with van der Waals surface area (Å²) in [6, 6.07) is 5.41. The molecule has 9 heteroatoms. The van der Waals surface area contributed by atoms with E-state index >= 15 is 0 Å². The number of rotatable bonds is 9. The Hall–Kier alpha value is -2.26. The molecule has 0 saturated carbocycles. The fourth-order valence-electron chi connectivity index (χ4n) is 2.72. The molecule has 1 aromatic carbocycles. The van der Waals surface area contributed by atoms with Crippen molar-refractivity contribution < 1.29 is 23.5 Å². The first-order chi connectivity index (χ1) is 13.2. The van der Waals surface area contributed by atoms with Gasteiger partial charge in [0.15, 0.2) is 11.5 Å². The Morgan fingerprint density at radius 1 is 1.33 bits per heavy atom. The van der Waals surface area contributed by atoms with Gasteiger partial charge < -0.3 is 24.1 Å². The summed E-state index contributed by atoms with van der Waals surface area (Å²) in [5.41, 5.74) is 0.766. The second kappa shape index (κ2) is 9.61. The molecule has 2 heterocycles. The van der Waals surface area contributed by atoms with Gasteiger partial charge >= 0.3 is 0 Å². The van der Waals surface area contributed by atoms with Crippen molar-refractivity contribution in [1.82, 2.24) is 15.5 Å². The van der Waals surface area contributed by atoms with Crippen LogP contribution in [-0.2, 0) is 15.3 Å². The number of ether oxygens (including phenoxy) is 3. The average Bonchev–Trinajstić information content (AvgIpc) is 3.38. The first-order valence-electron chi connectivity index (χ1n) is 8.70. The number of carbonyl (C=O) groups is 1. The van der Waals surface area contributed by atoms with Gasteiger partial charge in [0.1, 0.15) is 0 Å².